The summed E-state index contributed by atoms with van der Waals surface area (Å²) in [6.45, 7) is 4.00. The molecule has 3 rings (SSSR count). The van der Waals surface area contributed by atoms with Crippen LogP contribution < -0.4 is 0 Å². The molecule has 1 aromatic carbocycles. The van der Waals surface area contributed by atoms with E-state index < -0.39 is 0 Å². The second-order valence-corrected chi connectivity index (χ2v) is 5.96. The molecule has 3 aromatic rings. The number of aryl methyl sites for hydroxylation is 2. The van der Waals surface area contributed by atoms with Crippen LogP contribution in [0.4, 0.5) is 0 Å². The Kier molecular flexibility index (Phi) is 3.76. The Morgan fingerprint density at radius 3 is 2.86 bits per heavy atom. The van der Waals surface area contributed by atoms with Crippen molar-refractivity contribution in [2.24, 2.45) is 5.10 Å². The molecular formula is C14H13N5S2. The molecule has 0 amide bonds. The van der Waals surface area contributed by atoms with Gasteiger partial charge in [-0.05, 0) is 31.6 Å². The zero-order valence-corrected chi connectivity index (χ0v) is 13.2. The molecule has 106 valence electrons. The highest BCUT2D eigenvalue weighted by atomic mass is 32.1. The Morgan fingerprint density at radius 1 is 1.33 bits per heavy atom. The fraction of sp³-hybridized carbons (Fsp3) is 0.143. The van der Waals surface area contributed by atoms with Gasteiger partial charge in [-0.3, -0.25) is 0 Å². The molecule has 0 spiro atoms. The summed E-state index contributed by atoms with van der Waals surface area (Å²) in [6.07, 6.45) is 1.69. The molecule has 0 unspecified atom stereocenters. The molecule has 21 heavy (non-hydrogen) atoms. The number of hydrogen-bond acceptors (Lipinski definition) is 5. The van der Waals surface area contributed by atoms with Crippen LogP contribution in [0.1, 0.15) is 16.3 Å². The van der Waals surface area contributed by atoms with Crippen LogP contribution in [-0.2, 0) is 0 Å². The van der Waals surface area contributed by atoms with Crippen LogP contribution in [-0.4, -0.2) is 26.1 Å². The zero-order chi connectivity index (χ0) is 14.8. The van der Waals surface area contributed by atoms with Gasteiger partial charge in [-0.15, -0.1) is 11.3 Å². The molecule has 0 aliphatic heterocycles. The lowest BCUT2D eigenvalue weighted by atomic mass is 10.1. The highest BCUT2D eigenvalue weighted by Crippen LogP contribution is 2.21. The average Bonchev–Trinajstić information content (AvgIpc) is 3.04. The first kappa shape index (κ1) is 13.8. The van der Waals surface area contributed by atoms with E-state index in [9.17, 15) is 0 Å². The second kappa shape index (κ2) is 5.71. The fourth-order valence-electron chi connectivity index (χ4n) is 1.95. The van der Waals surface area contributed by atoms with Gasteiger partial charge in [0.05, 0.1) is 16.9 Å². The van der Waals surface area contributed by atoms with Crippen LogP contribution in [0.2, 0.25) is 0 Å². The van der Waals surface area contributed by atoms with Gasteiger partial charge in [0.25, 0.3) is 0 Å². The molecule has 0 aliphatic rings. The summed E-state index contributed by atoms with van der Waals surface area (Å²) in [4.78, 5) is 4.35. The number of aromatic nitrogens is 4. The molecule has 0 aliphatic carbocycles. The summed E-state index contributed by atoms with van der Waals surface area (Å²) in [5.74, 6) is 0.696. The molecule has 2 aromatic heterocycles. The topological polar surface area (TPSA) is 58.9 Å². The van der Waals surface area contributed by atoms with Crippen LogP contribution in [0, 0.1) is 18.6 Å². The summed E-state index contributed by atoms with van der Waals surface area (Å²) in [6, 6.07) is 7.99. The molecule has 0 bridgehead atoms. The van der Waals surface area contributed by atoms with E-state index in [1.165, 1.54) is 0 Å². The minimum absolute atomic E-state index is 0.455. The molecule has 0 fully saturated rings. The van der Waals surface area contributed by atoms with Gasteiger partial charge in [-0.1, -0.05) is 24.3 Å². The van der Waals surface area contributed by atoms with Crippen molar-refractivity contribution in [1.29, 1.82) is 0 Å². The van der Waals surface area contributed by atoms with Gasteiger partial charge >= 0.3 is 0 Å². The third kappa shape index (κ3) is 2.84. The number of hydrogen-bond donors (Lipinski definition) is 1. The minimum Gasteiger partial charge on any atom is -0.250 e. The quantitative estimate of drug-likeness (QED) is 0.594. The number of nitrogens with one attached hydrogen (secondary N) is 1. The predicted molar refractivity (Wildman–Crippen MR) is 87.4 cm³/mol. The van der Waals surface area contributed by atoms with E-state index in [1.807, 2.05) is 43.5 Å². The number of H-pyrrole nitrogens is 1. The van der Waals surface area contributed by atoms with E-state index in [-0.39, 0.29) is 0 Å². The van der Waals surface area contributed by atoms with Gasteiger partial charge < -0.3 is 0 Å². The summed E-state index contributed by atoms with van der Waals surface area (Å²) < 4.78 is 2.07. The molecule has 0 saturated carbocycles. The normalized spacial score (nSPS) is 11.3. The monoisotopic (exact) mass is 315 g/mol. The number of benzene rings is 1. The molecule has 5 nitrogen and oxygen atoms in total. The van der Waals surface area contributed by atoms with E-state index >= 15 is 0 Å². The fourth-order valence-corrected chi connectivity index (χ4v) is 2.70. The largest absolute Gasteiger partial charge is 0.250 e. The number of aromatic amines is 1. The Bertz CT molecular complexity index is 856. The summed E-state index contributed by atoms with van der Waals surface area (Å²) in [5.41, 5.74) is 2.93. The van der Waals surface area contributed by atoms with E-state index in [2.05, 4.69) is 20.3 Å². The van der Waals surface area contributed by atoms with Crippen LogP contribution in [0.3, 0.4) is 0 Å². The Labute approximate surface area is 131 Å². The molecule has 0 atom stereocenters. The second-order valence-electron chi connectivity index (χ2n) is 4.52. The molecule has 2 heterocycles. The van der Waals surface area contributed by atoms with Gasteiger partial charge in [0.15, 0.2) is 5.82 Å². The van der Waals surface area contributed by atoms with E-state index in [1.54, 1.807) is 22.2 Å². The first-order valence-corrected chi connectivity index (χ1v) is 7.64. The van der Waals surface area contributed by atoms with Crippen molar-refractivity contribution in [3.8, 4) is 11.4 Å². The Hall–Kier alpha value is -2.12. The van der Waals surface area contributed by atoms with Crippen molar-refractivity contribution in [2.75, 3.05) is 0 Å². The lowest BCUT2D eigenvalue weighted by Gasteiger charge is -2.03. The Morgan fingerprint density at radius 2 is 2.14 bits per heavy atom. The molecule has 0 radical (unpaired) electrons. The zero-order valence-electron chi connectivity index (χ0n) is 11.6. The SMILES string of the molecule is Cc1nc(/C=N\n2c(-c3ccccc3C)n[nH]c2=S)cs1. The summed E-state index contributed by atoms with van der Waals surface area (Å²) in [7, 11) is 0. The predicted octanol–water partition coefficient (Wildman–Crippen LogP) is 3.56. The van der Waals surface area contributed by atoms with Crippen LogP contribution in [0.5, 0.6) is 0 Å². The van der Waals surface area contributed by atoms with E-state index in [0.717, 1.165) is 21.8 Å². The van der Waals surface area contributed by atoms with Crippen molar-refractivity contribution in [3.63, 3.8) is 0 Å². The van der Waals surface area contributed by atoms with Crippen molar-refractivity contribution >= 4 is 29.8 Å². The minimum atomic E-state index is 0.455. The lowest BCUT2D eigenvalue weighted by molar-refractivity contribution is 0.870. The van der Waals surface area contributed by atoms with Gasteiger partial charge in [0.2, 0.25) is 4.77 Å². The maximum absolute atomic E-state index is 5.25. The Balaban J connectivity index is 2.04. The molecule has 0 saturated heterocycles. The number of rotatable bonds is 3. The summed E-state index contributed by atoms with van der Waals surface area (Å²) in [5, 5.41) is 14.4. The highest BCUT2D eigenvalue weighted by molar-refractivity contribution is 7.71. The summed E-state index contributed by atoms with van der Waals surface area (Å²) >= 11 is 6.84. The lowest BCUT2D eigenvalue weighted by Crippen LogP contribution is -1.96. The maximum Gasteiger partial charge on any atom is 0.216 e. The van der Waals surface area contributed by atoms with E-state index in [0.29, 0.717) is 10.6 Å². The van der Waals surface area contributed by atoms with Gasteiger partial charge in [0.1, 0.15) is 0 Å². The maximum atomic E-state index is 5.25. The third-order valence-corrected chi connectivity index (χ3v) is 4.03. The van der Waals surface area contributed by atoms with Crippen molar-refractivity contribution in [3.05, 3.63) is 50.7 Å². The van der Waals surface area contributed by atoms with Crippen LogP contribution in [0.15, 0.2) is 34.7 Å². The number of nitrogens with zero attached hydrogens (tertiary/aromatic N) is 4. The first-order valence-electron chi connectivity index (χ1n) is 6.35. The van der Waals surface area contributed by atoms with Crippen LogP contribution >= 0.6 is 23.6 Å². The molecule has 7 heteroatoms. The third-order valence-electron chi connectivity index (χ3n) is 2.98. The van der Waals surface area contributed by atoms with Gasteiger partial charge in [-0.25, -0.2) is 10.1 Å². The first-order chi connectivity index (χ1) is 10.1. The van der Waals surface area contributed by atoms with E-state index in [4.69, 9.17) is 12.2 Å². The van der Waals surface area contributed by atoms with Gasteiger partial charge in [0, 0.05) is 10.9 Å². The molecule has 1 N–H and O–H groups in total. The standard InChI is InChI=1S/C14H13N5S2/c1-9-5-3-4-6-12(9)13-17-18-14(20)19(13)15-7-11-8-21-10(2)16-11/h3-8H,1-2H3,(H,18,20)/b15-7-. The van der Waals surface area contributed by atoms with Crippen molar-refractivity contribution < 1.29 is 0 Å². The average molecular weight is 315 g/mol. The van der Waals surface area contributed by atoms with Crippen molar-refractivity contribution in [2.45, 2.75) is 13.8 Å². The number of thiazole rings is 1. The van der Waals surface area contributed by atoms with Crippen LogP contribution in [0.25, 0.3) is 11.4 Å². The highest BCUT2D eigenvalue weighted by Gasteiger charge is 2.10. The van der Waals surface area contributed by atoms with Crippen molar-refractivity contribution in [1.82, 2.24) is 19.9 Å². The smallest absolute Gasteiger partial charge is 0.216 e. The molecular weight excluding hydrogens is 302 g/mol. The van der Waals surface area contributed by atoms with Gasteiger partial charge in [-0.2, -0.15) is 14.9 Å².